The minimum atomic E-state index is -0.0623. The van der Waals surface area contributed by atoms with Crippen molar-refractivity contribution >= 4 is 11.1 Å². The van der Waals surface area contributed by atoms with Gasteiger partial charge in [0.05, 0.1) is 11.6 Å². The average Bonchev–Trinajstić information content (AvgIpc) is 3.26. The van der Waals surface area contributed by atoms with E-state index in [0.717, 1.165) is 41.6 Å². The fraction of sp³-hybridized carbons (Fsp3) is 0.211. The maximum Gasteiger partial charge on any atom is 0.218 e. The minimum Gasteiger partial charge on any atom is -0.438 e. The van der Waals surface area contributed by atoms with E-state index >= 15 is 0 Å². The molecule has 1 aliphatic rings. The van der Waals surface area contributed by atoms with E-state index in [1.54, 1.807) is 11.0 Å². The summed E-state index contributed by atoms with van der Waals surface area (Å²) in [4.78, 5) is 6.32. The van der Waals surface area contributed by atoms with Crippen LogP contribution in [-0.2, 0) is 0 Å². The molecule has 2 heterocycles. The van der Waals surface area contributed by atoms with Gasteiger partial charge in [-0.15, -0.1) is 0 Å². The molecule has 0 radical (unpaired) electrons. The molecule has 2 aromatic carbocycles. The van der Waals surface area contributed by atoms with Crippen molar-refractivity contribution in [1.29, 1.82) is 10.5 Å². The summed E-state index contributed by atoms with van der Waals surface area (Å²) in [6.45, 7) is 0.756. The largest absolute Gasteiger partial charge is 0.438 e. The number of nitriles is 2. The van der Waals surface area contributed by atoms with Gasteiger partial charge in [-0.3, -0.25) is 4.90 Å². The zero-order valence-electron chi connectivity index (χ0n) is 12.9. The average molecular weight is 314 g/mol. The van der Waals surface area contributed by atoms with Gasteiger partial charge in [0.25, 0.3) is 0 Å². The minimum absolute atomic E-state index is 0.0623. The number of benzene rings is 2. The van der Waals surface area contributed by atoms with E-state index in [1.165, 1.54) is 0 Å². The molecule has 0 aliphatic carbocycles. The first-order chi connectivity index (χ1) is 11.8. The summed E-state index contributed by atoms with van der Waals surface area (Å²) in [5.41, 5.74) is 4.08. The number of fused-ring (bicyclic) bond motifs is 1. The predicted molar refractivity (Wildman–Crippen MR) is 88.5 cm³/mol. The predicted octanol–water partition coefficient (Wildman–Crippen LogP) is 3.98. The van der Waals surface area contributed by atoms with Crippen LogP contribution >= 0.6 is 0 Å². The first kappa shape index (κ1) is 14.3. The van der Waals surface area contributed by atoms with Gasteiger partial charge in [-0.05, 0) is 48.2 Å². The van der Waals surface area contributed by atoms with E-state index in [0.29, 0.717) is 11.5 Å². The normalized spacial score (nSPS) is 16.9. The van der Waals surface area contributed by atoms with Crippen LogP contribution in [0.5, 0.6) is 0 Å². The molecular formula is C19H14N4O. The Morgan fingerprint density at radius 1 is 1.12 bits per heavy atom. The first-order valence-electron chi connectivity index (χ1n) is 7.86. The van der Waals surface area contributed by atoms with Gasteiger partial charge in [0.2, 0.25) is 5.89 Å². The Bertz CT molecular complexity index is 993. The van der Waals surface area contributed by atoms with E-state index in [-0.39, 0.29) is 6.04 Å². The Balaban J connectivity index is 1.74. The molecule has 1 unspecified atom stereocenters. The Morgan fingerprint density at radius 2 is 2.00 bits per heavy atom. The number of hydrogen-bond donors (Lipinski definition) is 0. The molecular weight excluding hydrogens is 300 g/mol. The van der Waals surface area contributed by atoms with E-state index in [4.69, 9.17) is 9.68 Å². The molecule has 1 aromatic heterocycles. The zero-order valence-corrected chi connectivity index (χ0v) is 12.9. The van der Waals surface area contributed by atoms with E-state index in [1.807, 2.05) is 36.4 Å². The number of rotatable bonds is 2. The fourth-order valence-corrected chi connectivity index (χ4v) is 3.18. The number of hydrogen-bond acceptors (Lipinski definition) is 5. The second-order valence-corrected chi connectivity index (χ2v) is 5.88. The van der Waals surface area contributed by atoms with E-state index in [9.17, 15) is 5.26 Å². The highest BCUT2D eigenvalue weighted by Crippen LogP contribution is 2.33. The quantitative estimate of drug-likeness (QED) is 0.668. The summed E-state index contributed by atoms with van der Waals surface area (Å²) in [5.74, 6) is 0.604. The van der Waals surface area contributed by atoms with Crippen molar-refractivity contribution < 1.29 is 4.42 Å². The summed E-state index contributed by atoms with van der Waals surface area (Å²) in [6, 6.07) is 15.4. The van der Waals surface area contributed by atoms with Crippen LogP contribution in [0, 0.1) is 22.8 Å². The summed E-state index contributed by atoms with van der Waals surface area (Å²) >= 11 is 0. The molecule has 5 nitrogen and oxygen atoms in total. The molecule has 0 bridgehead atoms. The van der Waals surface area contributed by atoms with Gasteiger partial charge in [-0.1, -0.05) is 18.2 Å². The lowest BCUT2D eigenvalue weighted by Gasteiger charge is -2.13. The maximum atomic E-state index is 9.19. The first-order valence-corrected chi connectivity index (χ1v) is 7.86. The SMILES string of the molecule is N#Cc1cccc(-c2ccc3oc(C4CCCN4C#N)nc3c2)c1. The van der Waals surface area contributed by atoms with E-state index < -0.39 is 0 Å². The molecule has 1 saturated heterocycles. The second kappa shape index (κ2) is 5.72. The van der Waals surface area contributed by atoms with Crippen LogP contribution in [-0.4, -0.2) is 16.4 Å². The second-order valence-electron chi connectivity index (χ2n) is 5.88. The molecule has 0 amide bonds. The summed E-state index contributed by atoms with van der Waals surface area (Å²) in [7, 11) is 0. The summed E-state index contributed by atoms with van der Waals surface area (Å²) < 4.78 is 5.86. The molecule has 0 N–H and O–H groups in total. The summed E-state index contributed by atoms with van der Waals surface area (Å²) in [6.07, 6.45) is 4.07. The third-order valence-electron chi connectivity index (χ3n) is 4.40. The number of nitrogens with zero attached hydrogens (tertiary/aromatic N) is 4. The highest BCUT2D eigenvalue weighted by Gasteiger charge is 2.29. The topological polar surface area (TPSA) is 76.8 Å². The highest BCUT2D eigenvalue weighted by molar-refractivity contribution is 5.80. The molecule has 1 fully saturated rings. The lowest BCUT2D eigenvalue weighted by atomic mass is 10.0. The highest BCUT2D eigenvalue weighted by atomic mass is 16.3. The van der Waals surface area contributed by atoms with Gasteiger partial charge in [-0.2, -0.15) is 10.5 Å². The van der Waals surface area contributed by atoms with Crippen LogP contribution in [0.3, 0.4) is 0 Å². The van der Waals surface area contributed by atoms with Crippen LogP contribution in [0.15, 0.2) is 46.9 Å². The molecule has 0 saturated carbocycles. The summed E-state index contributed by atoms with van der Waals surface area (Å²) in [5, 5.41) is 18.2. The van der Waals surface area contributed by atoms with Crippen molar-refractivity contribution in [3.05, 3.63) is 53.9 Å². The molecule has 116 valence electrons. The molecule has 1 atom stereocenters. The van der Waals surface area contributed by atoms with Crippen molar-refractivity contribution in [2.45, 2.75) is 18.9 Å². The molecule has 24 heavy (non-hydrogen) atoms. The van der Waals surface area contributed by atoms with Gasteiger partial charge in [0.1, 0.15) is 11.6 Å². The molecule has 4 rings (SSSR count). The third-order valence-corrected chi connectivity index (χ3v) is 4.40. The van der Waals surface area contributed by atoms with Gasteiger partial charge < -0.3 is 4.42 Å². The van der Waals surface area contributed by atoms with Crippen molar-refractivity contribution in [2.75, 3.05) is 6.54 Å². The molecule has 3 aromatic rings. The van der Waals surface area contributed by atoms with Gasteiger partial charge in [-0.25, -0.2) is 4.98 Å². The Hall–Kier alpha value is -3.31. The van der Waals surface area contributed by atoms with Crippen LogP contribution in [0.4, 0.5) is 0 Å². The van der Waals surface area contributed by atoms with Crippen molar-refractivity contribution in [3.63, 3.8) is 0 Å². The van der Waals surface area contributed by atoms with Gasteiger partial charge in [0.15, 0.2) is 11.8 Å². The standard InChI is InChI=1S/C19H14N4O/c20-11-13-3-1-4-14(9-13)15-6-7-18-16(10-15)22-19(24-18)17-5-2-8-23(17)12-21/h1,3-4,6-7,9-10,17H,2,5,8H2. The molecule has 5 heteroatoms. The van der Waals surface area contributed by atoms with Gasteiger partial charge >= 0.3 is 0 Å². The van der Waals surface area contributed by atoms with Crippen molar-refractivity contribution in [1.82, 2.24) is 9.88 Å². The Morgan fingerprint density at radius 3 is 2.83 bits per heavy atom. The lowest BCUT2D eigenvalue weighted by Crippen LogP contribution is -2.17. The number of likely N-dealkylation sites (tertiary alicyclic amines) is 1. The van der Waals surface area contributed by atoms with Gasteiger partial charge in [0, 0.05) is 6.54 Å². The van der Waals surface area contributed by atoms with Crippen LogP contribution in [0.1, 0.15) is 30.3 Å². The van der Waals surface area contributed by atoms with Crippen LogP contribution < -0.4 is 0 Å². The smallest absolute Gasteiger partial charge is 0.218 e. The lowest BCUT2D eigenvalue weighted by molar-refractivity contribution is 0.314. The monoisotopic (exact) mass is 314 g/mol. The van der Waals surface area contributed by atoms with Crippen LogP contribution in [0.25, 0.3) is 22.2 Å². The maximum absolute atomic E-state index is 9.19. The Labute approximate surface area is 139 Å². The Kier molecular flexibility index (Phi) is 3.40. The molecule has 1 aliphatic heterocycles. The van der Waals surface area contributed by atoms with Crippen molar-refractivity contribution in [2.24, 2.45) is 0 Å². The number of oxazole rings is 1. The zero-order chi connectivity index (χ0) is 16.5. The third kappa shape index (κ3) is 2.37. The fourth-order valence-electron chi connectivity index (χ4n) is 3.18. The van der Waals surface area contributed by atoms with Crippen molar-refractivity contribution in [3.8, 4) is 23.4 Å². The number of aromatic nitrogens is 1. The van der Waals surface area contributed by atoms with Crippen LogP contribution in [0.2, 0.25) is 0 Å². The molecule has 0 spiro atoms. The van der Waals surface area contributed by atoms with E-state index in [2.05, 4.69) is 17.2 Å².